The van der Waals surface area contributed by atoms with Crippen LogP contribution >= 0.6 is 0 Å². The van der Waals surface area contributed by atoms with Crippen molar-refractivity contribution in [1.29, 1.82) is 0 Å². The summed E-state index contributed by atoms with van der Waals surface area (Å²) in [6.45, 7) is 2.78. The Morgan fingerprint density at radius 2 is 1.83 bits per heavy atom. The van der Waals surface area contributed by atoms with Crippen LogP contribution < -0.4 is 26.5 Å². The molecule has 0 unspecified atom stereocenters. The average molecular weight is 409 g/mol. The van der Waals surface area contributed by atoms with Crippen molar-refractivity contribution >= 4 is 34.4 Å². The molecule has 0 saturated carbocycles. The summed E-state index contributed by atoms with van der Waals surface area (Å²) < 4.78 is 10.5. The molecule has 1 aromatic heterocycles. The van der Waals surface area contributed by atoms with Gasteiger partial charge in [0.15, 0.2) is 6.61 Å². The lowest BCUT2D eigenvalue weighted by molar-refractivity contribution is -0.123. The Labute approximate surface area is 171 Å². The molecule has 3 rings (SSSR count). The van der Waals surface area contributed by atoms with Crippen LogP contribution in [0.4, 0.5) is 5.69 Å². The van der Waals surface area contributed by atoms with Gasteiger partial charge in [-0.15, -0.1) is 0 Å². The first kappa shape index (κ1) is 20.6. The average Bonchev–Trinajstić information content (AvgIpc) is 2.69. The second-order valence-corrected chi connectivity index (χ2v) is 6.46. The maximum atomic E-state index is 12.2. The van der Waals surface area contributed by atoms with E-state index in [1.807, 2.05) is 0 Å². The van der Waals surface area contributed by atoms with Crippen LogP contribution in [0.1, 0.15) is 22.8 Å². The van der Waals surface area contributed by atoms with Gasteiger partial charge in [-0.3, -0.25) is 25.2 Å². The summed E-state index contributed by atoms with van der Waals surface area (Å²) in [5, 5.41) is 3.33. The predicted octanol–water partition coefficient (Wildman–Crippen LogP) is 1.90. The third-order valence-electron chi connectivity index (χ3n) is 4.05. The largest absolute Gasteiger partial charge is 0.484 e. The molecular weight excluding hydrogens is 390 g/mol. The second-order valence-electron chi connectivity index (χ2n) is 6.46. The van der Waals surface area contributed by atoms with Crippen molar-refractivity contribution in [3.63, 3.8) is 0 Å². The van der Waals surface area contributed by atoms with Gasteiger partial charge in [0.2, 0.25) is 5.91 Å². The molecule has 0 aliphatic heterocycles. The first-order valence-electron chi connectivity index (χ1n) is 8.96. The maximum absolute atomic E-state index is 12.2. The normalized spacial score (nSPS) is 10.3. The van der Waals surface area contributed by atoms with Crippen molar-refractivity contribution in [3.8, 4) is 5.75 Å². The van der Waals surface area contributed by atoms with Crippen molar-refractivity contribution in [1.82, 2.24) is 10.9 Å². The molecule has 0 spiro atoms. The number of rotatable bonds is 5. The number of hydrogen-bond donors (Lipinski definition) is 3. The molecule has 0 saturated heterocycles. The molecule has 1 heterocycles. The zero-order chi connectivity index (χ0) is 21.7. The second kappa shape index (κ2) is 8.91. The summed E-state index contributed by atoms with van der Waals surface area (Å²) in [5.74, 6) is -1.08. The molecule has 0 fully saturated rings. The lowest BCUT2D eigenvalue weighted by Gasteiger charge is -2.10. The van der Waals surface area contributed by atoms with Crippen LogP contribution in [0.5, 0.6) is 5.75 Å². The zero-order valence-electron chi connectivity index (χ0n) is 16.3. The van der Waals surface area contributed by atoms with Gasteiger partial charge in [-0.2, -0.15) is 0 Å². The number of ether oxygens (including phenoxy) is 1. The third-order valence-corrected chi connectivity index (χ3v) is 4.05. The van der Waals surface area contributed by atoms with Crippen LogP contribution in [0.15, 0.2) is 57.7 Å². The Balaban J connectivity index is 1.55. The standard InChI is InChI=1S/C21H19N3O6/c1-12-8-20(27)30-18-10-16(6-7-17(12)18)29-11-19(26)23-24-21(28)14-4-3-5-15(9-14)22-13(2)25/h3-10H,11H2,1-2H3,(H,22,25)(H,23,26)(H,24,28). The SMILES string of the molecule is CC(=O)Nc1cccc(C(=O)NNC(=O)COc2ccc3c(C)cc(=O)oc3c2)c1. The number of aryl methyl sites for hydroxylation is 1. The predicted molar refractivity (Wildman–Crippen MR) is 109 cm³/mol. The smallest absolute Gasteiger partial charge is 0.336 e. The number of carbonyl (C=O) groups excluding carboxylic acids is 3. The van der Waals surface area contributed by atoms with E-state index in [0.717, 1.165) is 10.9 Å². The van der Waals surface area contributed by atoms with E-state index in [0.29, 0.717) is 17.0 Å². The molecule has 3 aromatic rings. The van der Waals surface area contributed by atoms with E-state index in [4.69, 9.17) is 9.15 Å². The molecule has 0 aliphatic rings. The summed E-state index contributed by atoms with van der Waals surface area (Å²) >= 11 is 0. The number of nitrogens with one attached hydrogen (secondary N) is 3. The van der Waals surface area contributed by atoms with Gasteiger partial charge in [0.05, 0.1) is 0 Å². The molecule has 3 amide bonds. The van der Waals surface area contributed by atoms with Gasteiger partial charge in [0.1, 0.15) is 11.3 Å². The van der Waals surface area contributed by atoms with Crippen molar-refractivity contribution in [2.24, 2.45) is 0 Å². The van der Waals surface area contributed by atoms with Gasteiger partial charge in [-0.25, -0.2) is 4.79 Å². The first-order chi connectivity index (χ1) is 14.3. The van der Waals surface area contributed by atoms with Crippen molar-refractivity contribution in [3.05, 3.63) is 70.1 Å². The minimum atomic E-state index is -0.591. The summed E-state index contributed by atoms with van der Waals surface area (Å²) in [4.78, 5) is 46.7. The summed E-state index contributed by atoms with van der Waals surface area (Å²) in [7, 11) is 0. The molecule has 0 atom stereocenters. The van der Waals surface area contributed by atoms with Crippen LogP contribution in [0.25, 0.3) is 11.0 Å². The first-order valence-corrected chi connectivity index (χ1v) is 8.96. The molecule has 3 N–H and O–H groups in total. The fourth-order valence-corrected chi connectivity index (χ4v) is 2.72. The lowest BCUT2D eigenvalue weighted by atomic mass is 10.1. The van der Waals surface area contributed by atoms with Gasteiger partial charge in [0.25, 0.3) is 11.8 Å². The highest BCUT2D eigenvalue weighted by molar-refractivity contribution is 5.97. The van der Waals surface area contributed by atoms with E-state index in [9.17, 15) is 19.2 Å². The van der Waals surface area contributed by atoms with Crippen LogP contribution in [0, 0.1) is 6.92 Å². The zero-order valence-corrected chi connectivity index (χ0v) is 16.3. The minimum Gasteiger partial charge on any atom is -0.484 e. The van der Waals surface area contributed by atoms with Gasteiger partial charge < -0.3 is 14.5 Å². The Hall–Kier alpha value is -4.14. The fraction of sp³-hybridized carbons (Fsp3) is 0.143. The Kier molecular flexibility index (Phi) is 6.11. The molecule has 9 nitrogen and oxygen atoms in total. The Morgan fingerprint density at radius 1 is 1.03 bits per heavy atom. The van der Waals surface area contributed by atoms with E-state index in [-0.39, 0.29) is 18.1 Å². The highest BCUT2D eigenvalue weighted by Crippen LogP contribution is 2.22. The van der Waals surface area contributed by atoms with E-state index in [2.05, 4.69) is 16.2 Å². The summed E-state index contributed by atoms with van der Waals surface area (Å²) in [5.41, 5.74) is 5.88. The van der Waals surface area contributed by atoms with Gasteiger partial charge in [-0.1, -0.05) is 6.07 Å². The van der Waals surface area contributed by atoms with Gasteiger partial charge >= 0.3 is 5.63 Å². The molecule has 30 heavy (non-hydrogen) atoms. The molecule has 0 aliphatic carbocycles. The van der Waals surface area contributed by atoms with Crippen molar-refractivity contribution in [2.75, 3.05) is 11.9 Å². The highest BCUT2D eigenvalue weighted by Gasteiger charge is 2.10. The Bertz CT molecular complexity index is 1180. The molecule has 9 heteroatoms. The van der Waals surface area contributed by atoms with Crippen LogP contribution in [-0.2, 0) is 9.59 Å². The number of carbonyl (C=O) groups is 3. The minimum absolute atomic E-state index is 0.252. The monoisotopic (exact) mass is 409 g/mol. The number of amides is 3. The topological polar surface area (TPSA) is 127 Å². The van der Waals surface area contributed by atoms with Crippen molar-refractivity contribution < 1.29 is 23.5 Å². The summed E-state index contributed by atoms with van der Waals surface area (Å²) in [6.07, 6.45) is 0. The molecule has 0 radical (unpaired) electrons. The number of fused-ring (bicyclic) bond motifs is 1. The molecule has 154 valence electrons. The number of hydrogen-bond acceptors (Lipinski definition) is 6. The van der Waals surface area contributed by atoms with E-state index < -0.39 is 17.4 Å². The van der Waals surface area contributed by atoms with Crippen LogP contribution in [-0.4, -0.2) is 24.3 Å². The number of hydrazine groups is 1. The van der Waals surface area contributed by atoms with Crippen LogP contribution in [0.2, 0.25) is 0 Å². The van der Waals surface area contributed by atoms with Crippen molar-refractivity contribution in [2.45, 2.75) is 13.8 Å². The van der Waals surface area contributed by atoms with E-state index in [1.54, 1.807) is 31.2 Å². The summed E-state index contributed by atoms with van der Waals surface area (Å²) in [6, 6.07) is 12.5. The van der Waals surface area contributed by atoms with Gasteiger partial charge in [-0.05, 0) is 42.8 Å². The lowest BCUT2D eigenvalue weighted by Crippen LogP contribution is -2.43. The highest BCUT2D eigenvalue weighted by atomic mass is 16.5. The maximum Gasteiger partial charge on any atom is 0.336 e. The van der Waals surface area contributed by atoms with E-state index >= 15 is 0 Å². The number of anilines is 1. The third kappa shape index (κ3) is 5.22. The fourth-order valence-electron chi connectivity index (χ4n) is 2.72. The van der Waals surface area contributed by atoms with Gasteiger partial charge in [0, 0.05) is 35.7 Å². The molecular formula is C21H19N3O6. The molecule has 2 aromatic carbocycles. The quantitative estimate of drug-likeness (QED) is 0.436. The van der Waals surface area contributed by atoms with E-state index in [1.165, 1.54) is 31.2 Å². The Morgan fingerprint density at radius 3 is 2.60 bits per heavy atom. The number of benzene rings is 2. The van der Waals surface area contributed by atoms with Crippen LogP contribution in [0.3, 0.4) is 0 Å². The molecule has 0 bridgehead atoms.